The number of hydrogen-bond donors (Lipinski definition) is 0. The molecule has 1 aromatic heterocycles. The molecule has 0 radical (unpaired) electrons. The third-order valence-corrected chi connectivity index (χ3v) is 13.2. The first-order valence-electron chi connectivity index (χ1n) is 23.3. The maximum atomic E-state index is 2.45. The lowest BCUT2D eigenvalue weighted by Gasteiger charge is -2.28. The predicted octanol–water partition coefficient (Wildman–Crippen LogP) is 18.3. The molecule has 1 heterocycles. The summed E-state index contributed by atoms with van der Waals surface area (Å²) in [6.45, 7) is 0. The van der Waals surface area contributed by atoms with Gasteiger partial charge in [-0.25, -0.2) is 0 Å². The van der Waals surface area contributed by atoms with Crippen LogP contribution in [-0.2, 0) is 0 Å². The molecule has 0 bridgehead atoms. The largest absolute Gasteiger partial charge is 0.310 e. The highest BCUT2D eigenvalue weighted by Crippen LogP contribution is 2.46. The summed E-state index contributed by atoms with van der Waals surface area (Å²) in [5.41, 5.74) is 20.9. The Kier molecular flexibility index (Phi) is 10.6. The van der Waals surface area contributed by atoms with E-state index >= 15 is 0 Å². The van der Waals surface area contributed by atoms with Crippen molar-refractivity contribution in [3.05, 3.63) is 279 Å². The van der Waals surface area contributed by atoms with Crippen LogP contribution in [0.3, 0.4) is 0 Å². The van der Waals surface area contributed by atoms with E-state index in [-0.39, 0.29) is 0 Å². The fourth-order valence-corrected chi connectivity index (χ4v) is 9.89. The normalized spacial score (nSPS) is 11.2. The van der Waals surface area contributed by atoms with Crippen LogP contribution in [0.4, 0.5) is 17.1 Å². The summed E-state index contributed by atoms with van der Waals surface area (Å²) < 4.78 is 2.45. The Labute approximate surface area is 397 Å². The molecule has 0 aliphatic rings. The molecule has 11 aromatic carbocycles. The summed E-state index contributed by atoms with van der Waals surface area (Å²) in [5, 5.41) is 2.43. The van der Waals surface area contributed by atoms with Gasteiger partial charge in [-0.2, -0.15) is 0 Å². The minimum absolute atomic E-state index is 1.07. The van der Waals surface area contributed by atoms with Gasteiger partial charge in [0.15, 0.2) is 0 Å². The van der Waals surface area contributed by atoms with E-state index in [4.69, 9.17) is 0 Å². The van der Waals surface area contributed by atoms with Crippen LogP contribution in [0, 0.1) is 0 Å². The molecular formula is C66H46N2. The SMILES string of the molecule is c1ccc(-c2ccc(-c3ccc(N(c4cccc(-c5cc(-c6ccccc6)cc6c5c5ccc(-c7ccccc7)cc5n6-c5ccccc5)c4)c4ccccc4-c4ccccc4)cc3)cc2)cc1. The van der Waals surface area contributed by atoms with Gasteiger partial charge in [0.05, 0.1) is 16.7 Å². The number of para-hydroxylation sites is 2. The molecule has 12 rings (SSSR count). The highest BCUT2D eigenvalue weighted by molar-refractivity contribution is 6.17. The second-order valence-corrected chi connectivity index (χ2v) is 17.3. The number of benzene rings is 11. The molecule has 2 nitrogen and oxygen atoms in total. The zero-order valence-electron chi connectivity index (χ0n) is 37.5. The average Bonchev–Trinajstić information content (AvgIpc) is 3.76. The van der Waals surface area contributed by atoms with Gasteiger partial charge >= 0.3 is 0 Å². The molecule has 320 valence electrons. The Balaban J connectivity index is 1.05. The van der Waals surface area contributed by atoms with E-state index in [1.165, 1.54) is 71.9 Å². The molecular weight excluding hydrogens is 821 g/mol. The summed E-state index contributed by atoms with van der Waals surface area (Å²) in [6, 6.07) is 101. The van der Waals surface area contributed by atoms with Crippen LogP contribution in [0.5, 0.6) is 0 Å². The molecule has 0 spiro atoms. The molecule has 0 saturated carbocycles. The number of hydrogen-bond acceptors (Lipinski definition) is 1. The lowest BCUT2D eigenvalue weighted by Crippen LogP contribution is -2.11. The average molecular weight is 867 g/mol. The predicted molar refractivity (Wildman–Crippen MR) is 288 cm³/mol. The van der Waals surface area contributed by atoms with Crippen LogP contribution in [0.2, 0.25) is 0 Å². The fraction of sp³-hybridized carbons (Fsp3) is 0. The van der Waals surface area contributed by atoms with E-state index in [2.05, 4.69) is 289 Å². The summed E-state index contributed by atoms with van der Waals surface area (Å²) in [6.07, 6.45) is 0. The molecule has 2 heteroatoms. The first kappa shape index (κ1) is 40.5. The van der Waals surface area contributed by atoms with Gasteiger partial charge in [-0.3, -0.25) is 0 Å². The van der Waals surface area contributed by atoms with Gasteiger partial charge in [0, 0.05) is 33.4 Å². The minimum Gasteiger partial charge on any atom is -0.310 e. The lowest BCUT2D eigenvalue weighted by atomic mass is 9.93. The van der Waals surface area contributed by atoms with Crippen molar-refractivity contribution in [1.82, 2.24) is 4.57 Å². The maximum Gasteiger partial charge on any atom is 0.0553 e. The van der Waals surface area contributed by atoms with Crippen LogP contribution < -0.4 is 4.90 Å². The van der Waals surface area contributed by atoms with Gasteiger partial charge in [-0.05, 0) is 122 Å². The number of fused-ring (bicyclic) bond motifs is 3. The molecule has 0 fully saturated rings. The Morgan fingerprint density at radius 3 is 1.32 bits per heavy atom. The van der Waals surface area contributed by atoms with E-state index in [1.807, 2.05) is 0 Å². The molecule has 0 saturated heterocycles. The number of anilines is 3. The van der Waals surface area contributed by atoms with Gasteiger partial charge in [0.1, 0.15) is 0 Å². The second-order valence-electron chi connectivity index (χ2n) is 17.3. The maximum absolute atomic E-state index is 2.45. The Hall–Kier alpha value is -8.98. The van der Waals surface area contributed by atoms with Gasteiger partial charge in [-0.1, -0.05) is 218 Å². The smallest absolute Gasteiger partial charge is 0.0553 e. The van der Waals surface area contributed by atoms with Crippen LogP contribution >= 0.6 is 0 Å². The van der Waals surface area contributed by atoms with Gasteiger partial charge in [-0.15, -0.1) is 0 Å². The molecule has 68 heavy (non-hydrogen) atoms. The number of aromatic nitrogens is 1. The summed E-state index contributed by atoms with van der Waals surface area (Å²) >= 11 is 0. The summed E-state index contributed by atoms with van der Waals surface area (Å²) in [4.78, 5) is 2.42. The molecule has 0 aliphatic carbocycles. The highest BCUT2D eigenvalue weighted by Gasteiger charge is 2.22. The van der Waals surface area contributed by atoms with Crippen LogP contribution in [0.1, 0.15) is 0 Å². The van der Waals surface area contributed by atoms with Crippen LogP contribution in [0.25, 0.3) is 94.3 Å². The Morgan fingerprint density at radius 1 is 0.250 bits per heavy atom. The van der Waals surface area contributed by atoms with E-state index < -0.39 is 0 Å². The second kappa shape index (κ2) is 17.8. The van der Waals surface area contributed by atoms with Crippen molar-refractivity contribution in [3.8, 4) is 72.4 Å². The lowest BCUT2D eigenvalue weighted by molar-refractivity contribution is 1.18. The van der Waals surface area contributed by atoms with Crippen molar-refractivity contribution in [2.45, 2.75) is 0 Å². The minimum atomic E-state index is 1.07. The van der Waals surface area contributed by atoms with Crippen molar-refractivity contribution in [2.75, 3.05) is 4.90 Å². The fourth-order valence-electron chi connectivity index (χ4n) is 9.89. The zero-order chi connectivity index (χ0) is 45.2. The molecule has 0 atom stereocenters. The molecule has 12 aromatic rings. The first-order valence-corrected chi connectivity index (χ1v) is 23.3. The Morgan fingerprint density at radius 2 is 0.706 bits per heavy atom. The highest BCUT2D eigenvalue weighted by atomic mass is 15.1. The van der Waals surface area contributed by atoms with Gasteiger partial charge in [0.2, 0.25) is 0 Å². The van der Waals surface area contributed by atoms with Crippen molar-refractivity contribution in [3.63, 3.8) is 0 Å². The van der Waals surface area contributed by atoms with Crippen LogP contribution in [-0.4, -0.2) is 4.57 Å². The molecule has 0 amide bonds. The quantitative estimate of drug-likeness (QED) is 0.133. The summed E-state index contributed by atoms with van der Waals surface area (Å²) in [7, 11) is 0. The van der Waals surface area contributed by atoms with E-state index in [1.54, 1.807) is 0 Å². The monoisotopic (exact) mass is 866 g/mol. The molecule has 0 unspecified atom stereocenters. The van der Waals surface area contributed by atoms with Crippen molar-refractivity contribution in [1.29, 1.82) is 0 Å². The standard InChI is InChI=1S/C66H46N2/c1-6-19-47(20-7-1)50-33-35-51(36-34-50)52-37-40-58(41-38-52)67(63-32-17-16-31-60(63)53-25-12-4-13-26-53)59-30-18-27-55(43-59)62-44-56(49-23-10-3-11-24-49)46-65-66(62)61-42-39-54(48-21-8-2-9-22-48)45-64(61)68(65)57-28-14-5-15-29-57/h1-46H. The van der Waals surface area contributed by atoms with E-state index in [0.717, 1.165) is 39.4 Å². The van der Waals surface area contributed by atoms with E-state index in [9.17, 15) is 0 Å². The number of rotatable bonds is 10. The third kappa shape index (κ3) is 7.64. The Bertz CT molecular complexity index is 3670. The van der Waals surface area contributed by atoms with E-state index in [0.29, 0.717) is 0 Å². The number of nitrogens with zero attached hydrogens (tertiary/aromatic N) is 2. The van der Waals surface area contributed by atoms with Crippen molar-refractivity contribution >= 4 is 38.9 Å². The van der Waals surface area contributed by atoms with Gasteiger partial charge in [0.25, 0.3) is 0 Å². The summed E-state index contributed by atoms with van der Waals surface area (Å²) in [5.74, 6) is 0. The third-order valence-electron chi connectivity index (χ3n) is 13.2. The first-order chi connectivity index (χ1) is 33.7. The molecule has 0 aliphatic heterocycles. The van der Waals surface area contributed by atoms with Crippen molar-refractivity contribution in [2.24, 2.45) is 0 Å². The van der Waals surface area contributed by atoms with Gasteiger partial charge < -0.3 is 9.47 Å². The van der Waals surface area contributed by atoms with Crippen LogP contribution in [0.15, 0.2) is 279 Å². The van der Waals surface area contributed by atoms with Crippen molar-refractivity contribution < 1.29 is 0 Å². The molecule has 0 N–H and O–H groups in total. The zero-order valence-corrected chi connectivity index (χ0v) is 37.5. The topological polar surface area (TPSA) is 8.17 Å².